The Morgan fingerprint density at radius 3 is 3.18 bits per heavy atom. The first-order valence-electron chi connectivity index (χ1n) is 3.65. The molecule has 0 saturated heterocycles. The van der Waals surface area contributed by atoms with Crippen LogP contribution in [0.2, 0.25) is 0 Å². The molecule has 2 rings (SSSR count). The van der Waals surface area contributed by atoms with Crippen LogP contribution < -0.4 is 0 Å². The number of allylic oxidation sites excluding steroid dienone is 1. The third kappa shape index (κ3) is 0.984. The Balaban J connectivity index is 0.000000720. The van der Waals surface area contributed by atoms with Crippen LogP contribution in [0.5, 0.6) is 0 Å². The van der Waals surface area contributed by atoms with E-state index in [1.807, 2.05) is 18.2 Å². The van der Waals surface area contributed by atoms with E-state index in [9.17, 15) is 4.79 Å². The largest absolute Gasteiger partial charge is 1.00 e. The highest BCUT2D eigenvalue weighted by molar-refractivity contribution is 5.77. The van der Waals surface area contributed by atoms with Crippen molar-refractivity contribution < 1.29 is 6.22 Å². The fourth-order valence-electron chi connectivity index (χ4n) is 1.34. The molecule has 0 fully saturated rings. The zero-order chi connectivity index (χ0) is 7.68. The van der Waals surface area contributed by atoms with E-state index in [2.05, 4.69) is 12.2 Å². The fraction of sp³-hybridized carbons (Fsp3) is 0.100. The maximum atomic E-state index is 10.4. The molecule has 0 N–H and O–H groups in total. The van der Waals surface area contributed by atoms with E-state index in [-0.39, 0.29) is 1.43 Å². The van der Waals surface area contributed by atoms with Crippen molar-refractivity contribution in [2.24, 2.45) is 0 Å². The maximum absolute atomic E-state index is 10.4. The Labute approximate surface area is 66.8 Å². The molecular weight excluding hydrogens is 136 g/mol. The second-order valence-corrected chi connectivity index (χ2v) is 2.68. The van der Waals surface area contributed by atoms with E-state index in [1.54, 1.807) is 0 Å². The van der Waals surface area contributed by atoms with E-state index in [1.165, 1.54) is 11.1 Å². The molecule has 1 aliphatic rings. The van der Waals surface area contributed by atoms with Gasteiger partial charge in [-0.05, 0) is 23.6 Å². The van der Waals surface area contributed by atoms with Gasteiger partial charge < -0.3 is 0 Å². The summed E-state index contributed by atoms with van der Waals surface area (Å²) < 4.78 is 0. The molecule has 11 heavy (non-hydrogen) atoms. The molecule has 0 bridgehead atoms. The van der Waals surface area contributed by atoms with Gasteiger partial charge in [0.1, 0.15) is 6.29 Å². The van der Waals surface area contributed by atoms with Gasteiger partial charge in [0, 0.05) is 5.56 Å². The van der Waals surface area contributed by atoms with Gasteiger partial charge in [-0.3, -0.25) is 4.79 Å². The van der Waals surface area contributed by atoms with Gasteiger partial charge in [-0.2, -0.15) is 0 Å². The second kappa shape index (κ2) is 2.35. The normalized spacial score (nSPS) is 13.1. The topological polar surface area (TPSA) is 17.1 Å². The average Bonchev–Trinajstić information content (AvgIpc) is 2.50. The lowest BCUT2D eigenvalue weighted by Gasteiger charge is -1.97. The Morgan fingerprint density at radius 1 is 1.45 bits per heavy atom. The lowest BCUT2D eigenvalue weighted by molar-refractivity contribution is 0.112. The van der Waals surface area contributed by atoms with Gasteiger partial charge in [-0.25, -0.2) is 0 Å². The van der Waals surface area contributed by atoms with Crippen molar-refractivity contribution >= 4 is 12.4 Å². The Hall–Kier alpha value is -1.37. The van der Waals surface area contributed by atoms with Gasteiger partial charge in [0.2, 0.25) is 0 Å². The Morgan fingerprint density at radius 2 is 2.36 bits per heavy atom. The fourth-order valence-corrected chi connectivity index (χ4v) is 1.34. The van der Waals surface area contributed by atoms with Crippen LogP contribution in [0.25, 0.3) is 6.08 Å². The van der Waals surface area contributed by atoms with E-state index >= 15 is 0 Å². The highest BCUT2D eigenvalue weighted by atomic mass is 16.1. The van der Waals surface area contributed by atoms with Crippen molar-refractivity contribution in [2.75, 3.05) is 0 Å². The minimum absolute atomic E-state index is 0. The summed E-state index contributed by atoms with van der Waals surface area (Å²) in [6, 6.07) is 5.80. The first-order chi connectivity index (χ1) is 5.40. The number of carbonyl (C=O) groups excluding carboxylic acids is 1. The Kier molecular flexibility index (Phi) is 1.35. The summed E-state index contributed by atoms with van der Waals surface area (Å²) in [7, 11) is 0. The molecule has 1 aromatic rings. The molecule has 1 heteroatoms. The quantitative estimate of drug-likeness (QED) is 0.553. The van der Waals surface area contributed by atoms with Crippen molar-refractivity contribution in [3.05, 3.63) is 41.0 Å². The molecule has 0 heterocycles. The number of fused-ring (bicyclic) bond motifs is 1. The summed E-state index contributed by atoms with van der Waals surface area (Å²) in [6.45, 7) is 0. The highest BCUT2D eigenvalue weighted by Gasteiger charge is 2.03. The van der Waals surface area contributed by atoms with Crippen LogP contribution in [0.4, 0.5) is 0 Å². The summed E-state index contributed by atoms with van der Waals surface area (Å²) in [5.41, 5.74) is 3.26. The molecule has 1 aliphatic carbocycles. The summed E-state index contributed by atoms with van der Waals surface area (Å²) in [4.78, 5) is 10.4. The number of benzene rings is 1. The van der Waals surface area contributed by atoms with Gasteiger partial charge in [0.15, 0.2) is 0 Å². The van der Waals surface area contributed by atoms with Crippen molar-refractivity contribution in [3.8, 4) is 0 Å². The number of aldehydes is 1. The highest BCUT2D eigenvalue weighted by Crippen LogP contribution is 2.19. The van der Waals surface area contributed by atoms with E-state index in [0.717, 1.165) is 18.3 Å². The molecule has 1 nitrogen and oxygen atoms in total. The molecular formula is C10H9O+. The lowest BCUT2D eigenvalue weighted by Crippen LogP contribution is -1.84. The van der Waals surface area contributed by atoms with Crippen LogP contribution in [-0.2, 0) is 6.42 Å². The zero-order valence-electron chi connectivity index (χ0n) is 7.08. The number of hydrogen-bond acceptors (Lipinski definition) is 1. The average molecular weight is 145 g/mol. The minimum atomic E-state index is 0. The Bertz CT molecular complexity index is 329. The molecule has 0 unspecified atom stereocenters. The van der Waals surface area contributed by atoms with Crippen molar-refractivity contribution in [1.82, 2.24) is 0 Å². The monoisotopic (exact) mass is 145 g/mol. The maximum Gasteiger partial charge on any atom is 1.00 e. The number of carbonyl (C=O) groups is 1. The van der Waals surface area contributed by atoms with E-state index in [0.29, 0.717) is 0 Å². The second-order valence-electron chi connectivity index (χ2n) is 2.68. The molecule has 0 saturated carbocycles. The molecule has 1 aromatic carbocycles. The molecule has 0 aromatic heterocycles. The smallest absolute Gasteiger partial charge is 0.298 e. The van der Waals surface area contributed by atoms with Crippen molar-refractivity contribution in [1.29, 1.82) is 0 Å². The third-order valence-corrected chi connectivity index (χ3v) is 1.94. The first-order valence-corrected chi connectivity index (χ1v) is 3.65. The summed E-state index contributed by atoms with van der Waals surface area (Å²) in [6.07, 6.45) is 6.06. The van der Waals surface area contributed by atoms with Crippen LogP contribution in [0.15, 0.2) is 24.3 Å². The van der Waals surface area contributed by atoms with Crippen LogP contribution in [0.3, 0.4) is 0 Å². The summed E-state index contributed by atoms with van der Waals surface area (Å²) in [5, 5.41) is 0. The van der Waals surface area contributed by atoms with Crippen LogP contribution >= 0.6 is 0 Å². The van der Waals surface area contributed by atoms with Crippen molar-refractivity contribution in [2.45, 2.75) is 6.42 Å². The van der Waals surface area contributed by atoms with Gasteiger partial charge in [-0.1, -0.05) is 24.3 Å². The van der Waals surface area contributed by atoms with E-state index in [4.69, 9.17) is 0 Å². The molecule has 0 atom stereocenters. The van der Waals surface area contributed by atoms with Gasteiger partial charge in [0.25, 0.3) is 0 Å². The number of hydrogen-bond donors (Lipinski definition) is 0. The predicted molar refractivity (Wildman–Crippen MR) is 45.7 cm³/mol. The lowest BCUT2D eigenvalue weighted by atomic mass is 10.1. The minimum Gasteiger partial charge on any atom is -0.298 e. The third-order valence-electron chi connectivity index (χ3n) is 1.94. The van der Waals surface area contributed by atoms with Gasteiger partial charge in [-0.15, -0.1) is 0 Å². The molecule has 0 amide bonds. The predicted octanol–water partition coefficient (Wildman–Crippen LogP) is 2.18. The standard InChI is InChI=1S/C10H8O/c11-7-8-4-5-9-2-1-3-10(9)6-8/h1,3-7H,2H2/p+1. The summed E-state index contributed by atoms with van der Waals surface area (Å²) >= 11 is 0. The summed E-state index contributed by atoms with van der Waals surface area (Å²) in [5.74, 6) is 0. The van der Waals surface area contributed by atoms with Crippen LogP contribution in [0.1, 0.15) is 22.9 Å². The zero-order valence-corrected chi connectivity index (χ0v) is 6.08. The van der Waals surface area contributed by atoms with E-state index < -0.39 is 0 Å². The first kappa shape index (κ1) is 6.35. The molecule has 0 spiro atoms. The van der Waals surface area contributed by atoms with Gasteiger partial charge in [0.05, 0.1) is 0 Å². The van der Waals surface area contributed by atoms with Gasteiger partial charge >= 0.3 is 1.43 Å². The molecule has 54 valence electrons. The number of rotatable bonds is 1. The van der Waals surface area contributed by atoms with Crippen LogP contribution in [0, 0.1) is 0 Å². The van der Waals surface area contributed by atoms with Crippen molar-refractivity contribution in [3.63, 3.8) is 0 Å². The SMILES string of the molecule is O=Cc1ccc2c(c1)C=CC2.[H+]. The molecule has 0 radical (unpaired) electrons. The molecule has 0 aliphatic heterocycles. The van der Waals surface area contributed by atoms with Crippen LogP contribution in [-0.4, -0.2) is 6.29 Å².